The lowest BCUT2D eigenvalue weighted by molar-refractivity contribution is 0.0178. The molecule has 6 heteroatoms. The van der Waals surface area contributed by atoms with Crippen molar-refractivity contribution in [3.05, 3.63) is 42.4 Å². The first-order chi connectivity index (χ1) is 11.4. The average Bonchev–Trinajstić information content (AvgIpc) is 3.08. The number of β-amino-alcohol motifs (C(OH)–C–C–N with tert-alkyl or cyclic N) is 1. The fourth-order valence-corrected chi connectivity index (χ4v) is 2.97. The molecule has 1 aromatic heterocycles. The molecule has 0 atom stereocenters. The Morgan fingerprint density at radius 2 is 1.88 bits per heavy atom. The normalized spacial score (nSPS) is 16.4. The van der Waals surface area contributed by atoms with Crippen molar-refractivity contribution < 1.29 is 14.3 Å². The molecule has 0 saturated carbocycles. The Hall–Kier alpha value is -2.18. The number of aliphatic hydroxyl groups is 1. The van der Waals surface area contributed by atoms with Crippen molar-refractivity contribution in [3.63, 3.8) is 0 Å². The van der Waals surface area contributed by atoms with E-state index in [0.717, 1.165) is 18.7 Å². The van der Waals surface area contributed by atoms with Gasteiger partial charge in [0.1, 0.15) is 0 Å². The van der Waals surface area contributed by atoms with E-state index in [4.69, 9.17) is 4.42 Å². The summed E-state index contributed by atoms with van der Waals surface area (Å²) in [4.78, 5) is 20.6. The molecule has 0 radical (unpaired) electrons. The maximum absolute atomic E-state index is 12.6. The van der Waals surface area contributed by atoms with E-state index in [1.807, 2.05) is 29.2 Å². The molecule has 0 aliphatic carbocycles. The molecule has 1 fully saturated rings. The van der Waals surface area contributed by atoms with Gasteiger partial charge in [0, 0.05) is 43.9 Å². The van der Waals surface area contributed by atoms with E-state index in [1.54, 1.807) is 20.0 Å². The second-order valence-corrected chi connectivity index (χ2v) is 6.82. The zero-order chi connectivity index (χ0) is 17.2. The summed E-state index contributed by atoms with van der Waals surface area (Å²) in [7, 11) is 0. The van der Waals surface area contributed by atoms with E-state index < -0.39 is 5.60 Å². The Morgan fingerprint density at radius 3 is 2.42 bits per heavy atom. The number of aromatic nitrogens is 1. The molecule has 0 unspecified atom stereocenters. The highest BCUT2D eigenvalue weighted by Gasteiger charge is 2.25. The minimum absolute atomic E-state index is 0.0435. The fraction of sp³-hybridized carbons (Fsp3) is 0.444. The molecule has 2 heterocycles. The first-order valence-electron chi connectivity index (χ1n) is 8.15. The Kier molecular flexibility index (Phi) is 4.69. The molecule has 1 N–H and O–H groups in total. The number of carbonyl (C=O) groups is 1. The maximum Gasteiger partial charge on any atom is 0.253 e. The van der Waals surface area contributed by atoms with Crippen LogP contribution in [-0.4, -0.2) is 64.1 Å². The predicted octanol–water partition coefficient (Wildman–Crippen LogP) is 1.87. The molecule has 128 valence electrons. The van der Waals surface area contributed by atoms with Crippen molar-refractivity contribution in [2.45, 2.75) is 19.4 Å². The number of oxazole rings is 1. The maximum atomic E-state index is 12.6. The van der Waals surface area contributed by atoms with Gasteiger partial charge in [-0.05, 0) is 26.0 Å². The molecule has 3 rings (SSSR count). The van der Waals surface area contributed by atoms with Gasteiger partial charge in [-0.15, -0.1) is 0 Å². The standard InChI is InChI=1S/C18H23N3O3/c1-18(2,23)12-20-7-9-21(10-8-20)17(22)15-5-3-14(4-6-15)16-11-19-13-24-16/h3-6,11,13,23H,7-10,12H2,1-2H3. The Labute approximate surface area is 141 Å². The summed E-state index contributed by atoms with van der Waals surface area (Å²) in [5.41, 5.74) is 0.871. The van der Waals surface area contributed by atoms with Gasteiger partial charge in [-0.1, -0.05) is 12.1 Å². The van der Waals surface area contributed by atoms with Gasteiger partial charge in [-0.2, -0.15) is 0 Å². The molecular weight excluding hydrogens is 306 g/mol. The minimum Gasteiger partial charge on any atom is -0.444 e. The first-order valence-corrected chi connectivity index (χ1v) is 8.15. The summed E-state index contributed by atoms with van der Waals surface area (Å²) < 4.78 is 5.26. The molecule has 0 spiro atoms. The van der Waals surface area contributed by atoms with Gasteiger partial charge in [0.25, 0.3) is 5.91 Å². The Bertz CT molecular complexity index is 667. The SMILES string of the molecule is CC(C)(O)CN1CCN(C(=O)c2ccc(-c3cnco3)cc2)CC1. The van der Waals surface area contributed by atoms with Crippen LogP contribution in [0.2, 0.25) is 0 Å². The van der Waals surface area contributed by atoms with E-state index in [9.17, 15) is 9.90 Å². The van der Waals surface area contributed by atoms with E-state index in [1.165, 1.54) is 6.39 Å². The summed E-state index contributed by atoms with van der Waals surface area (Å²) in [5.74, 6) is 0.733. The molecule has 1 saturated heterocycles. The van der Waals surface area contributed by atoms with Gasteiger partial charge >= 0.3 is 0 Å². The molecule has 6 nitrogen and oxygen atoms in total. The van der Waals surface area contributed by atoms with Crippen LogP contribution in [0, 0.1) is 0 Å². The van der Waals surface area contributed by atoms with Crippen molar-refractivity contribution in [2.75, 3.05) is 32.7 Å². The van der Waals surface area contributed by atoms with Crippen molar-refractivity contribution in [1.29, 1.82) is 0 Å². The topological polar surface area (TPSA) is 69.8 Å². The lowest BCUT2D eigenvalue weighted by Crippen LogP contribution is -2.51. The van der Waals surface area contributed by atoms with Gasteiger partial charge in [0.2, 0.25) is 0 Å². The van der Waals surface area contributed by atoms with E-state index >= 15 is 0 Å². The highest BCUT2D eigenvalue weighted by Crippen LogP contribution is 2.20. The second kappa shape index (κ2) is 6.75. The summed E-state index contributed by atoms with van der Waals surface area (Å²) in [6.07, 6.45) is 3.04. The van der Waals surface area contributed by atoms with E-state index in [0.29, 0.717) is 31.0 Å². The predicted molar refractivity (Wildman–Crippen MR) is 90.6 cm³/mol. The van der Waals surface area contributed by atoms with Crippen LogP contribution in [0.3, 0.4) is 0 Å². The smallest absolute Gasteiger partial charge is 0.253 e. The van der Waals surface area contributed by atoms with Crippen LogP contribution in [0.4, 0.5) is 0 Å². The molecule has 24 heavy (non-hydrogen) atoms. The van der Waals surface area contributed by atoms with Crippen LogP contribution in [0.5, 0.6) is 0 Å². The van der Waals surface area contributed by atoms with E-state index in [-0.39, 0.29) is 5.91 Å². The second-order valence-electron chi connectivity index (χ2n) is 6.82. The van der Waals surface area contributed by atoms with Gasteiger partial charge in [0.05, 0.1) is 11.8 Å². The number of hydrogen-bond donors (Lipinski definition) is 1. The van der Waals surface area contributed by atoms with Gasteiger partial charge in [0.15, 0.2) is 12.2 Å². The number of piperazine rings is 1. The van der Waals surface area contributed by atoms with E-state index in [2.05, 4.69) is 9.88 Å². The summed E-state index contributed by atoms with van der Waals surface area (Å²) in [5, 5.41) is 9.89. The lowest BCUT2D eigenvalue weighted by Gasteiger charge is -2.37. The number of rotatable bonds is 4. The first kappa shape index (κ1) is 16.7. The highest BCUT2D eigenvalue weighted by molar-refractivity contribution is 5.94. The van der Waals surface area contributed by atoms with Crippen molar-refractivity contribution in [1.82, 2.24) is 14.8 Å². The van der Waals surface area contributed by atoms with Crippen LogP contribution in [0.15, 0.2) is 41.3 Å². The van der Waals surface area contributed by atoms with Crippen LogP contribution in [0.25, 0.3) is 11.3 Å². The summed E-state index contributed by atoms with van der Waals surface area (Å²) in [6.45, 7) is 7.16. The number of carbonyl (C=O) groups excluding carboxylic acids is 1. The zero-order valence-electron chi connectivity index (χ0n) is 14.1. The van der Waals surface area contributed by atoms with Crippen molar-refractivity contribution in [3.8, 4) is 11.3 Å². The zero-order valence-corrected chi connectivity index (χ0v) is 14.1. The van der Waals surface area contributed by atoms with Crippen LogP contribution >= 0.6 is 0 Å². The monoisotopic (exact) mass is 329 g/mol. The molecule has 1 aliphatic rings. The number of amides is 1. The van der Waals surface area contributed by atoms with Crippen LogP contribution in [-0.2, 0) is 0 Å². The largest absolute Gasteiger partial charge is 0.444 e. The van der Waals surface area contributed by atoms with Gasteiger partial charge in [-0.3, -0.25) is 9.69 Å². The van der Waals surface area contributed by atoms with Crippen molar-refractivity contribution in [2.24, 2.45) is 0 Å². The Morgan fingerprint density at radius 1 is 1.21 bits per heavy atom. The fourth-order valence-electron chi connectivity index (χ4n) is 2.97. The van der Waals surface area contributed by atoms with Crippen LogP contribution < -0.4 is 0 Å². The lowest BCUT2D eigenvalue weighted by atomic mass is 10.1. The molecule has 0 bridgehead atoms. The molecular formula is C18H23N3O3. The van der Waals surface area contributed by atoms with Gasteiger partial charge in [-0.25, -0.2) is 4.98 Å². The molecule has 1 amide bonds. The third kappa shape index (κ3) is 4.01. The van der Waals surface area contributed by atoms with Gasteiger partial charge < -0.3 is 14.4 Å². The van der Waals surface area contributed by atoms with Crippen molar-refractivity contribution >= 4 is 5.91 Å². The van der Waals surface area contributed by atoms with Crippen LogP contribution in [0.1, 0.15) is 24.2 Å². The number of benzene rings is 1. The highest BCUT2D eigenvalue weighted by atomic mass is 16.3. The third-order valence-electron chi connectivity index (χ3n) is 4.12. The number of hydrogen-bond acceptors (Lipinski definition) is 5. The summed E-state index contributed by atoms with van der Waals surface area (Å²) >= 11 is 0. The summed E-state index contributed by atoms with van der Waals surface area (Å²) in [6, 6.07) is 7.39. The number of nitrogens with zero attached hydrogens (tertiary/aromatic N) is 3. The minimum atomic E-state index is -0.706. The quantitative estimate of drug-likeness (QED) is 0.927. The molecule has 1 aliphatic heterocycles. The molecule has 2 aromatic rings. The average molecular weight is 329 g/mol. The molecule has 1 aromatic carbocycles. The third-order valence-corrected chi connectivity index (χ3v) is 4.12. The Balaban J connectivity index is 1.59.